The number of benzene rings is 2. The van der Waals surface area contributed by atoms with Crippen molar-refractivity contribution in [2.24, 2.45) is 0 Å². The van der Waals surface area contributed by atoms with E-state index in [1.165, 1.54) is 5.01 Å². The van der Waals surface area contributed by atoms with Gasteiger partial charge in [0.25, 0.3) is 11.8 Å². The number of nitrogens with one attached hydrogen (secondary N) is 1. The molecule has 1 heterocycles. The summed E-state index contributed by atoms with van der Waals surface area (Å²) in [5.74, 6) is -0.106. The molecule has 0 radical (unpaired) electrons. The molecular formula is C20H19BrN2O3. The maximum absolute atomic E-state index is 12.6. The number of carbonyl (C=O) groups excluding carboxylic acids is 2. The van der Waals surface area contributed by atoms with E-state index in [4.69, 9.17) is 4.74 Å². The Hall–Kier alpha value is -2.60. The normalized spacial score (nSPS) is 16.2. The van der Waals surface area contributed by atoms with Crippen molar-refractivity contribution in [1.82, 2.24) is 5.43 Å². The van der Waals surface area contributed by atoms with Crippen molar-refractivity contribution in [2.75, 3.05) is 5.01 Å². The molecule has 0 spiro atoms. The van der Waals surface area contributed by atoms with E-state index < -0.39 is 5.91 Å². The standard InChI is InChI=1S/C20H19BrN2O3/c1-20(2,3)26-17-10-9-13(12-16(17)21)11-15-18(24)22-23(19(15)25)14-7-5-4-6-8-14/h4-12H,1-3H3,(H,22,24)/b15-11-. The van der Waals surface area contributed by atoms with Crippen LogP contribution in [0.1, 0.15) is 26.3 Å². The summed E-state index contributed by atoms with van der Waals surface area (Å²) in [5, 5.41) is 1.25. The molecule has 0 aromatic heterocycles. The molecule has 0 aliphatic carbocycles. The molecule has 0 bridgehead atoms. The summed E-state index contributed by atoms with van der Waals surface area (Å²) in [4.78, 5) is 24.8. The first-order valence-corrected chi connectivity index (χ1v) is 8.95. The number of hydrogen-bond acceptors (Lipinski definition) is 3. The van der Waals surface area contributed by atoms with Crippen LogP contribution in [0.4, 0.5) is 5.69 Å². The Kier molecular flexibility index (Phi) is 4.87. The molecule has 0 saturated carbocycles. The molecule has 1 N–H and O–H groups in total. The van der Waals surface area contributed by atoms with Crippen LogP contribution in [-0.4, -0.2) is 17.4 Å². The van der Waals surface area contributed by atoms with Gasteiger partial charge in [0, 0.05) is 0 Å². The average molecular weight is 415 g/mol. The predicted octanol–water partition coefficient (Wildman–Crippen LogP) is 4.09. The number of hydrogen-bond donors (Lipinski definition) is 1. The molecule has 6 heteroatoms. The second-order valence-corrected chi connectivity index (χ2v) is 7.73. The smallest absolute Gasteiger partial charge is 0.282 e. The van der Waals surface area contributed by atoms with Gasteiger partial charge in [-0.05, 0) is 72.6 Å². The fraction of sp³-hybridized carbons (Fsp3) is 0.200. The number of rotatable bonds is 3. The Labute approximate surface area is 160 Å². The number of carbonyl (C=O) groups is 2. The molecule has 1 saturated heterocycles. The minimum atomic E-state index is -0.426. The third kappa shape index (κ3) is 3.96. The molecule has 2 aromatic carbocycles. The topological polar surface area (TPSA) is 58.6 Å². The van der Waals surface area contributed by atoms with Crippen molar-refractivity contribution in [2.45, 2.75) is 26.4 Å². The van der Waals surface area contributed by atoms with E-state index in [1.54, 1.807) is 18.2 Å². The van der Waals surface area contributed by atoms with Gasteiger partial charge in [-0.3, -0.25) is 15.0 Å². The lowest BCUT2D eigenvalue weighted by Crippen LogP contribution is -2.35. The van der Waals surface area contributed by atoms with E-state index in [1.807, 2.05) is 57.2 Å². The van der Waals surface area contributed by atoms with Gasteiger partial charge < -0.3 is 4.74 Å². The van der Waals surface area contributed by atoms with Crippen LogP contribution in [0.25, 0.3) is 6.08 Å². The minimum Gasteiger partial charge on any atom is -0.487 e. The maximum Gasteiger partial charge on any atom is 0.282 e. The molecular weight excluding hydrogens is 396 g/mol. The van der Waals surface area contributed by atoms with Crippen LogP contribution in [0.2, 0.25) is 0 Å². The highest BCUT2D eigenvalue weighted by molar-refractivity contribution is 9.10. The summed E-state index contributed by atoms with van der Waals surface area (Å²) < 4.78 is 6.61. The lowest BCUT2D eigenvalue weighted by atomic mass is 10.1. The van der Waals surface area contributed by atoms with Crippen LogP contribution in [0, 0.1) is 0 Å². The van der Waals surface area contributed by atoms with Gasteiger partial charge in [-0.25, -0.2) is 5.01 Å². The van der Waals surface area contributed by atoms with E-state index in [9.17, 15) is 9.59 Å². The first kappa shape index (κ1) is 18.2. The van der Waals surface area contributed by atoms with E-state index in [2.05, 4.69) is 21.4 Å². The van der Waals surface area contributed by atoms with Crippen LogP contribution in [0.15, 0.2) is 58.6 Å². The number of ether oxygens (including phenoxy) is 1. The zero-order valence-electron chi connectivity index (χ0n) is 14.7. The van der Waals surface area contributed by atoms with Gasteiger partial charge in [0.05, 0.1) is 10.2 Å². The van der Waals surface area contributed by atoms with Crippen molar-refractivity contribution in [3.05, 3.63) is 64.1 Å². The quantitative estimate of drug-likeness (QED) is 0.607. The van der Waals surface area contributed by atoms with Crippen molar-refractivity contribution in [3.8, 4) is 5.75 Å². The summed E-state index contributed by atoms with van der Waals surface area (Å²) >= 11 is 3.48. The summed E-state index contributed by atoms with van der Waals surface area (Å²) in [6.45, 7) is 5.90. The summed E-state index contributed by atoms with van der Waals surface area (Å²) in [6, 6.07) is 14.4. The molecule has 1 aliphatic rings. The Morgan fingerprint density at radius 3 is 2.38 bits per heavy atom. The Morgan fingerprint density at radius 1 is 1.08 bits per heavy atom. The predicted molar refractivity (Wildman–Crippen MR) is 105 cm³/mol. The zero-order chi connectivity index (χ0) is 18.9. The van der Waals surface area contributed by atoms with Crippen LogP contribution in [0.5, 0.6) is 5.75 Å². The lowest BCUT2D eigenvalue weighted by Gasteiger charge is -2.22. The van der Waals surface area contributed by atoms with E-state index in [0.29, 0.717) is 11.4 Å². The molecule has 1 fully saturated rings. The Morgan fingerprint density at radius 2 is 1.77 bits per heavy atom. The van der Waals surface area contributed by atoms with Crippen LogP contribution in [-0.2, 0) is 9.59 Å². The van der Waals surface area contributed by atoms with Crippen molar-refractivity contribution in [1.29, 1.82) is 0 Å². The molecule has 2 aromatic rings. The van der Waals surface area contributed by atoms with Crippen molar-refractivity contribution < 1.29 is 14.3 Å². The number of para-hydroxylation sites is 1. The second-order valence-electron chi connectivity index (χ2n) is 6.88. The van der Waals surface area contributed by atoms with Crippen LogP contribution < -0.4 is 15.2 Å². The van der Waals surface area contributed by atoms with Crippen molar-refractivity contribution >= 4 is 39.5 Å². The summed E-state index contributed by atoms with van der Waals surface area (Å²) in [5.41, 5.74) is 3.70. The molecule has 1 aliphatic heterocycles. The third-order valence-corrected chi connectivity index (χ3v) is 4.21. The lowest BCUT2D eigenvalue weighted by molar-refractivity contribution is -0.117. The van der Waals surface area contributed by atoms with Gasteiger partial charge in [-0.15, -0.1) is 0 Å². The maximum atomic E-state index is 12.6. The molecule has 134 valence electrons. The first-order valence-electron chi connectivity index (χ1n) is 8.15. The van der Waals surface area contributed by atoms with E-state index >= 15 is 0 Å². The number of amides is 2. The summed E-state index contributed by atoms with van der Waals surface area (Å²) in [7, 11) is 0. The molecule has 2 amide bonds. The highest BCUT2D eigenvalue weighted by atomic mass is 79.9. The van der Waals surface area contributed by atoms with E-state index in [0.717, 1.165) is 10.0 Å². The number of anilines is 1. The Bertz CT molecular complexity index is 886. The zero-order valence-corrected chi connectivity index (χ0v) is 16.3. The molecule has 5 nitrogen and oxygen atoms in total. The summed E-state index contributed by atoms with van der Waals surface area (Å²) in [6.07, 6.45) is 1.58. The van der Waals surface area contributed by atoms with Gasteiger partial charge in [0.15, 0.2) is 0 Å². The largest absolute Gasteiger partial charge is 0.487 e. The van der Waals surface area contributed by atoms with E-state index in [-0.39, 0.29) is 17.1 Å². The fourth-order valence-corrected chi connectivity index (χ4v) is 2.98. The highest BCUT2D eigenvalue weighted by Crippen LogP contribution is 2.30. The van der Waals surface area contributed by atoms with Crippen LogP contribution >= 0.6 is 15.9 Å². The van der Waals surface area contributed by atoms with Gasteiger partial charge in [0.1, 0.15) is 16.9 Å². The SMILES string of the molecule is CC(C)(C)Oc1ccc(/C=C2/C(=O)NN(c3ccccc3)C2=O)cc1Br. The number of halogens is 1. The second kappa shape index (κ2) is 6.96. The van der Waals surface area contributed by atoms with Crippen LogP contribution in [0.3, 0.4) is 0 Å². The third-order valence-electron chi connectivity index (χ3n) is 3.59. The average Bonchev–Trinajstić information content (AvgIpc) is 2.85. The Balaban J connectivity index is 1.87. The fourth-order valence-electron chi connectivity index (χ4n) is 2.50. The molecule has 0 unspecified atom stereocenters. The van der Waals surface area contributed by atoms with Gasteiger partial charge in [0.2, 0.25) is 0 Å². The van der Waals surface area contributed by atoms with Gasteiger partial charge in [-0.2, -0.15) is 0 Å². The molecule has 26 heavy (non-hydrogen) atoms. The van der Waals surface area contributed by atoms with Gasteiger partial charge in [-0.1, -0.05) is 24.3 Å². The highest BCUT2D eigenvalue weighted by Gasteiger charge is 2.34. The minimum absolute atomic E-state index is 0.0882. The van der Waals surface area contributed by atoms with Crippen molar-refractivity contribution in [3.63, 3.8) is 0 Å². The first-order chi connectivity index (χ1) is 12.2. The number of hydrazine groups is 1. The molecule has 0 atom stereocenters. The van der Waals surface area contributed by atoms with Gasteiger partial charge >= 0.3 is 0 Å². The monoisotopic (exact) mass is 414 g/mol. The molecule has 3 rings (SSSR count). The number of nitrogens with zero attached hydrogens (tertiary/aromatic N) is 1.